The third-order valence-corrected chi connectivity index (χ3v) is 3.20. The zero-order chi connectivity index (χ0) is 16.5. The molecule has 0 saturated heterocycles. The molecule has 1 atom stereocenters. The Hall–Kier alpha value is -2.08. The molecule has 0 radical (unpaired) electrons. The monoisotopic (exact) mass is 309 g/mol. The molecule has 0 saturated carbocycles. The molecule has 0 aliphatic rings. The van der Waals surface area contributed by atoms with Gasteiger partial charge in [0.25, 0.3) is 0 Å². The van der Waals surface area contributed by atoms with Crippen LogP contribution in [-0.4, -0.2) is 48.2 Å². The number of carboxylic acid groups (broad SMARTS) is 1. The first-order chi connectivity index (χ1) is 10.4. The molecule has 0 aliphatic heterocycles. The van der Waals surface area contributed by atoms with Crippen LogP contribution in [0.3, 0.4) is 0 Å². The van der Waals surface area contributed by atoms with E-state index >= 15 is 0 Å². The van der Waals surface area contributed by atoms with Crippen LogP contribution in [0, 0.1) is 0 Å². The molecule has 0 spiro atoms. The molecule has 1 unspecified atom stereocenters. The van der Waals surface area contributed by atoms with Crippen LogP contribution in [0.1, 0.15) is 25.8 Å². The molecule has 1 rings (SSSR count). The van der Waals surface area contributed by atoms with E-state index in [9.17, 15) is 9.59 Å². The zero-order valence-electron chi connectivity index (χ0n) is 13.2. The van der Waals surface area contributed by atoms with Gasteiger partial charge in [-0.2, -0.15) is 0 Å². The van der Waals surface area contributed by atoms with Gasteiger partial charge in [-0.05, 0) is 31.0 Å². The van der Waals surface area contributed by atoms with E-state index in [4.69, 9.17) is 14.6 Å². The summed E-state index contributed by atoms with van der Waals surface area (Å²) >= 11 is 0. The second-order valence-corrected chi connectivity index (χ2v) is 5.11. The van der Waals surface area contributed by atoms with Crippen LogP contribution in [0.15, 0.2) is 24.3 Å². The van der Waals surface area contributed by atoms with E-state index in [-0.39, 0.29) is 25.2 Å². The molecule has 1 aromatic rings. The summed E-state index contributed by atoms with van der Waals surface area (Å²) in [5.74, 6) is -0.609. The van der Waals surface area contributed by atoms with Crippen molar-refractivity contribution in [2.24, 2.45) is 0 Å². The maximum atomic E-state index is 11.9. The Morgan fingerprint density at radius 1 is 1.23 bits per heavy atom. The number of benzene rings is 1. The normalized spacial score (nSPS) is 11.8. The van der Waals surface area contributed by atoms with E-state index in [1.54, 1.807) is 36.2 Å². The predicted octanol–water partition coefficient (Wildman–Crippen LogP) is 1.92. The summed E-state index contributed by atoms with van der Waals surface area (Å²) in [6.07, 6.45) is 0.942. The lowest BCUT2D eigenvalue weighted by Crippen LogP contribution is -2.31. The predicted molar refractivity (Wildman–Crippen MR) is 81.8 cm³/mol. The van der Waals surface area contributed by atoms with Crippen molar-refractivity contribution >= 4 is 11.9 Å². The number of carbonyl (C=O) groups excluding carboxylic acids is 1. The molecule has 0 heterocycles. The Morgan fingerprint density at radius 2 is 1.86 bits per heavy atom. The Kier molecular flexibility index (Phi) is 7.39. The molecule has 6 heteroatoms. The van der Waals surface area contributed by atoms with Crippen molar-refractivity contribution in [2.45, 2.75) is 32.9 Å². The van der Waals surface area contributed by atoms with E-state index in [1.807, 2.05) is 13.8 Å². The van der Waals surface area contributed by atoms with Crippen LogP contribution in [0.2, 0.25) is 0 Å². The maximum absolute atomic E-state index is 11.9. The minimum Gasteiger partial charge on any atom is -0.482 e. The highest BCUT2D eigenvalue weighted by Crippen LogP contribution is 2.13. The van der Waals surface area contributed by atoms with E-state index in [0.717, 1.165) is 12.0 Å². The highest BCUT2D eigenvalue weighted by Gasteiger charge is 2.11. The fourth-order valence-electron chi connectivity index (χ4n) is 1.64. The van der Waals surface area contributed by atoms with Crippen LogP contribution in [0.4, 0.5) is 0 Å². The Bertz CT molecular complexity index is 486. The molecular formula is C16H23NO5. The molecule has 6 nitrogen and oxygen atoms in total. The van der Waals surface area contributed by atoms with E-state index < -0.39 is 5.97 Å². The smallest absolute Gasteiger partial charge is 0.341 e. The molecule has 122 valence electrons. The van der Waals surface area contributed by atoms with Gasteiger partial charge in [0, 0.05) is 13.6 Å². The topological polar surface area (TPSA) is 76.1 Å². The third-order valence-electron chi connectivity index (χ3n) is 3.20. The molecule has 22 heavy (non-hydrogen) atoms. The van der Waals surface area contributed by atoms with Gasteiger partial charge in [-0.25, -0.2) is 4.79 Å². The first-order valence-corrected chi connectivity index (χ1v) is 7.21. The van der Waals surface area contributed by atoms with Gasteiger partial charge in [0.2, 0.25) is 5.91 Å². The number of ether oxygens (including phenoxy) is 2. The summed E-state index contributed by atoms with van der Waals surface area (Å²) in [5.41, 5.74) is 0.932. The van der Waals surface area contributed by atoms with Gasteiger partial charge in [-0.1, -0.05) is 19.1 Å². The number of carbonyl (C=O) groups is 2. The van der Waals surface area contributed by atoms with Crippen LogP contribution >= 0.6 is 0 Å². The molecule has 0 aromatic heterocycles. The standard InChI is InChI=1S/C16H23NO5/c1-4-12(2)21-10-15(18)17(3)9-13-5-7-14(8-6-13)22-11-16(19)20/h5-8,12H,4,9-11H2,1-3H3,(H,19,20). The van der Waals surface area contributed by atoms with Crippen molar-refractivity contribution < 1.29 is 24.2 Å². The van der Waals surface area contributed by atoms with Gasteiger partial charge >= 0.3 is 5.97 Å². The Labute approximate surface area is 130 Å². The molecule has 0 fully saturated rings. The van der Waals surface area contributed by atoms with Crippen LogP contribution in [0.5, 0.6) is 5.75 Å². The number of aliphatic carboxylic acids is 1. The number of nitrogens with zero attached hydrogens (tertiary/aromatic N) is 1. The maximum Gasteiger partial charge on any atom is 0.341 e. The lowest BCUT2D eigenvalue weighted by molar-refractivity contribution is -0.139. The molecule has 0 aliphatic carbocycles. The van der Waals surface area contributed by atoms with Gasteiger partial charge in [0.15, 0.2) is 6.61 Å². The summed E-state index contributed by atoms with van der Waals surface area (Å²) < 4.78 is 10.5. The van der Waals surface area contributed by atoms with E-state index in [0.29, 0.717) is 12.3 Å². The number of likely N-dealkylation sites (N-methyl/N-ethyl adjacent to an activating group) is 1. The van der Waals surface area contributed by atoms with Crippen molar-refractivity contribution in [1.82, 2.24) is 4.90 Å². The van der Waals surface area contributed by atoms with Crippen LogP contribution in [0.25, 0.3) is 0 Å². The first-order valence-electron chi connectivity index (χ1n) is 7.21. The lowest BCUT2D eigenvalue weighted by Gasteiger charge is -2.19. The zero-order valence-corrected chi connectivity index (χ0v) is 13.2. The van der Waals surface area contributed by atoms with Crippen molar-refractivity contribution in [3.05, 3.63) is 29.8 Å². The van der Waals surface area contributed by atoms with Crippen molar-refractivity contribution in [1.29, 1.82) is 0 Å². The summed E-state index contributed by atoms with van der Waals surface area (Å²) in [5, 5.41) is 8.54. The summed E-state index contributed by atoms with van der Waals surface area (Å²) in [7, 11) is 1.72. The summed E-state index contributed by atoms with van der Waals surface area (Å²) in [6, 6.07) is 6.98. The average Bonchev–Trinajstić information content (AvgIpc) is 2.51. The number of hydrogen-bond acceptors (Lipinski definition) is 4. The van der Waals surface area contributed by atoms with Crippen LogP contribution in [-0.2, 0) is 20.9 Å². The fourth-order valence-corrected chi connectivity index (χ4v) is 1.64. The Morgan fingerprint density at radius 3 is 2.41 bits per heavy atom. The largest absolute Gasteiger partial charge is 0.482 e. The second kappa shape index (κ2) is 9.04. The van der Waals surface area contributed by atoms with Gasteiger partial charge in [0.05, 0.1) is 6.10 Å². The quantitative estimate of drug-likeness (QED) is 0.754. The number of carboxylic acids is 1. The fraction of sp³-hybridized carbons (Fsp3) is 0.500. The van der Waals surface area contributed by atoms with Crippen molar-refractivity contribution in [2.75, 3.05) is 20.3 Å². The molecule has 1 amide bonds. The van der Waals surface area contributed by atoms with Crippen LogP contribution < -0.4 is 4.74 Å². The summed E-state index contributed by atoms with van der Waals surface area (Å²) in [4.78, 5) is 23.9. The first kappa shape index (κ1) is 18.0. The lowest BCUT2D eigenvalue weighted by atomic mass is 10.2. The molecule has 1 N–H and O–H groups in total. The van der Waals surface area contributed by atoms with E-state index in [2.05, 4.69) is 0 Å². The molecule has 0 bridgehead atoms. The minimum atomic E-state index is -1.02. The van der Waals surface area contributed by atoms with Crippen molar-refractivity contribution in [3.8, 4) is 5.75 Å². The second-order valence-electron chi connectivity index (χ2n) is 5.11. The van der Waals surface area contributed by atoms with Gasteiger partial charge in [-0.3, -0.25) is 4.79 Å². The summed E-state index contributed by atoms with van der Waals surface area (Å²) in [6.45, 7) is 4.11. The Balaban J connectivity index is 2.45. The highest BCUT2D eigenvalue weighted by atomic mass is 16.5. The molecule has 1 aromatic carbocycles. The minimum absolute atomic E-state index is 0.0722. The van der Waals surface area contributed by atoms with Gasteiger partial charge in [0.1, 0.15) is 12.4 Å². The van der Waals surface area contributed by atoms with Gasteiger partial charge in [-0.15, -0.1) is 0 Å². The molecular weight excluding hydrogens is 286 g/mol. The SMILES string of the molecule is CCC(C)OCC(=O)N(C)Cc1ccc(OCC(=O)O)cc1. The highest BCUT2D eigenvalue weighted by molar-refractivity contribution is 5.77. The number of amides is 1. The van der Waals surface area contributed by atoms with Gasteiger partial charge < -0.3 is 19.5 Å². The van der Waals surface area contributed by atoms with E-state index in [1.165, 1.54) is 0 Å². The van der Waals surface area contributed by atoms with Crippen molar-refractivity contribution in [3.63, 3.8) is 0 Å². The number of hydrogen-bond donors (Lipinski definition) is 1. The third kappa shape index (κ3) is 6.58. The number of rotatable bonds is 9. The average molecular weight is 309 g/mol.